The van der Waals surface area contributed by atoms with Crippen LogP contribution in [0.4, 0.5) is 4.39 Å². The first kappa shape index (κ1) is 22.2. The smallest absolute Gasteiger partial charge is 0.246 e. The summed E-state index contributed by atoms with van der Waals surface area (Å²) in [5.41, 5.74) is 3.15. The molecule has 162 valence electrons. The summed E-state index contributed by atoms with van der Waals surface area (Å²) in [6, 6.07) is 5.81. The van der Waals surface area contributed by atoms with Crippen LogP contribution in [0.25, 0.3) is 11.8 Å². The number of hydrogen-bond acceptors (Lipinski definition) is 4. The van der Waals surface area contributed by atoms with Crippen LogP contribution in [-0.2, 0) is 14.6 Å². The Bertz CT molecular complexity index is 1040. The highest BCUT2D eigenvalue weighted by molar-refractivity contribution is 7.91. The van der Waals surface area contributed by atoms with Gasteiger partial charge in [0.25, 0.3) is 0 Å². The van der Waals surface area contributed by atoms with E-state index in [4.69, 9.17) is 0 Å². The molecule has 1 aromatic carbocycles. The second-order valence-corrected chi connectivity index (χ2v) is 9.98. The molecule has 2 aromatic rings. The standard InChI is InChI=1S/C22H28FN3O3S/c1-4-5-13-25(20-12-14-30(28,29)15-20)22(27)11-10-21-16(2)24-26(17(21)3)19-8-6-18(23)7-9-19/h6-11,20H,4-5,12-15H2,1-3H3/b11-10+. The highest BCUT2D eigenvalue weighted by Crippen LogP contribution is 2.22. The Morgan fingerprint density at radius 2 is 2.00 bits per heavy atom. The largest absolute Gasteiger partial charge is 0.335 e. The van der Waals surface area contributed by atoms with Crippen molar-refractivity contribution in [2.75, 3.05) is 18.1 Å². The molecule has 6 nitrogen and oxygen atoms in total. The van der Waals surface area contributed by atoms with Gasteiger partial charge < -0.3 is 4.90 Å². The number of aromatic nitrogens is 2. The Labute approximate surface area is 177 Å². The molecule has 0 N–H and O–H groups in total. The van der Waals surface area contributed by atoms with Gasteiger partial charge in [-0.25, -0.2) is 17.5 Å². The summed E-state index contributed by atoms with van der Waals surface area (Å²) < 4.78 is 38.7. The van der Waals surface area contributed by atoms with Gasteiger partial charge in [0, 0.05) is 29.9 Å². The van der Waals surface area contributed by atoms with Crippen molar-refractivity contribution in [1.29, 1.82) is 0 Å². The predicted octanol–water partition coefficient (Wildman–Crippen LogP) is 3.46. The SMILES string of the molecule is CCCCN(C(=O)/C=C/c1c(C)nn(-c2ccc(F)cc2)c1C)C1CCS(=O)(=O)C1. The highest BCUT2D eigenvalue weighted by Gasteiger charge is 2.33. The maximum Gasteiger partial charge on any atom is 0.246 e. The lowest BCUT2D eigenvalue weighted by Crippen LogP contribution is -2.40. The van der Waals surface area contributed by atoms with E-state index in [9.17, 15) is 17.6 Å². The van der Waals surface area contributed by atoms with E-state index >= 15 is 0 Å². The minimum atomic E-state index is -3.07. The van der Waals surface area contributed by atoms with Gasteiger partial charge in [-0.1, -0.05) is 13.3 Å². The van der Waals surface area contributed by atoms with Crippen LogP contribution >= 0.6 is 0 Å². The molecule has 1 aromatic heterocycles. The number of aryl methyl sites for hydroxylation is 1. The zero-order chi connectivity index (χ0) is 21.9. The molecule has 0 bridgehead atoms. The van der Waals surface area contributed by atoms with Crippen LogP contribution < -0.4 is 0 Å². The molecule has 1 saturated heterocycles. The molecule has 1 fully saturated rings. The van der Waals surface area contributed by atoms with Crippen molar-refractivity contribution in [3.63, 3.8) is 0 Å². The Kier molecular flexibility index (Phi) is 6.75. The van der Waals surface area contributed by atoms with Gasteiger partial charge in [0.15, 0.2) is 9.84 Å². The fraction of sp³-hybridized carbons (Fsp3) is 0.455. The number of rotatable bonds is 7. The van der Waals surface area contributed by atoms with E-state index < -0.39 is 9.84 Å². The van der Waals surface area contributed by atoms with Crippen LogP contribution in [0.2, 0.25) is 0 Å². The first-order valence-corrected chi connectivity index (χ1v) is 12.0. The molecule has 8 heteroatoms. The number of carbonyl (C=O) groups is 1. The van der Waals surface area contributed by atoms with E-state index in [1.165, 1.54) is 18.2 Å². The fourth-order valence-corrected chi connectivity index (χ4v) is 5.53. The molecule has 30 heavy (non-hydrogen) atoms. The molecule has 1 unspecified atom stereocenters. The molecule has 0 radical (unpaired) electrons. The quantitative estimate of drug-likeness (QED) is 0.627. The lowest BCUT2D eigenvalue weighted by atomic mass is 10.1. The average Bonchev–Trinajstić information content (AvgIpc) is 3.19. The van der Waals surface area contributed by atoms with Crippen molar-refractivity contribution in [3.05, 3.63) is 53.1 Å². The van der Waals surface area contributed by atoms with E-state index in [2.05, 4.69) is 5.10 Å². The number of sulfone groups is 1. The minimum absolute atomic E-state index is 0.0385. The summed E-state index contributed by atoms with van der Waals surface area (Å²) in [5, 5.41) is 4.52. The number of halogens is 1. The van der Waals surface area contributed by atoms with Gasteiger partial charge in [-0.2, -0.15) is 5.10 Å². The summed E-state index contributed by atoms with van der Waals surface area (Å²) in [4.78, 5) is 14.6. The average molecular weight is 434 g/mol. The number of carbonyl (C=O) groups excluding carboxylic acids is 1. The second-order valence-electron chi connectivity index (χ2n) is 7.75. The molecular weight excluding hydrogens is 405 g/mol. The van der Waals surface area contributed by atoms with Gasteiger partial charge in [0.1, 0.15) is 5.82 Å². The molecule has 0 spiro atoms. The Balaban J connectivity index is 1.82. The lowest BCUT2D eigenvalue weighted by Gasteiger charge is -2.27. The fourth-order valence-electron chi connectivity index (χ4n) is 3.80. The number of unbranched alkanes of at least 4 members (excludes halogenated alkanes) is 1. The van der Waals surface area contributed by atoms with Crippen molar-refractivity contribution in [2.45, 2.75) is 46.1 Å². The molecule has 1 aliphatic heterocycles. The zero-order valence-corrected chi connectivity index (χ0v) is 18.5. The van der Waals surface area contributed by atoms with Crippen molar-refractivity contribution in [2.24, 2.45) is 0 Å². The Morgan fingerprint density at radius 1 is 1.30 bits per heavy atom. The maximum absolute atomic E-state index is 13.2. The molecule has 1 amide bonds. The Morgan fingerprint density at radius 3 is 2.60 bits per heavy atom. The van der Waals surface area contributed by atoms with Crippen LogP contribution in [0.3, 0.4) is 0 Å². The highest BCUT2D eigenvalue weighted by atomic mass is 32.2. The third-order valence-corrected chi connectivity index (χ3v) is 7.25. The van der Waals surface area contributed by atoms with Crippen LogP contribution in [0, 0.1) is 19.7 Å². The normalized spacial score (nSPS) is 18.2. The van der Waals surface area contributed by atoms with Gasteiger partial charge in [0.05, 0.1) is 22.9 Å². The lowest BCUT2D eigenvalue weighted by molar-refractivity contribution is -0.127. The zero-order valence-electron chi connectivity index (χ0n) is 17.6. The van der Waals surface area contributed by atoms with Gasteiger partial charge in [0.2, 0.25) is 5.91 Å². The topological polar surface area (TPSA) is 72.3 Å². The minimum Gasteiger partial charge on any atom is -0.335 e. The molecule has 1 atom stereocenters. The number of amides is 1. The van der Waals surface area contributed by atoms with Crippen molar-refractivity contribution in [3.8, 4) is 5.69 Å². The first-order valence-electron chi connectivity index (χ1n) is 10.2. The summed E-state index contributed by atoms with van der Waals surface area (Å²) in [7, 11) is -3.07. The third-order valence-electron chi connectivity index (χ3n) is 5.50. The third kappa shape index (κ3) is 4.98. The summed E-state index contributed by atoms with van der Waals surface area (Å²) in [6.07, 6.45) is 5.49. The van der Waals surface area contributed by atoms with Gasteiger partial charge >= 0.3 is 0 Å². The van der Waals surface area contributed by atoms with Crippen molar-refractivity contribution >= 4 is 21.8 Å². The summed E-state index contributed by atoms with van der Waals surface area (Å²) >= 11 is 0. The maximum atomic E-state index is 13.2. The summed E-state index contributed by atoms with van der Waals surface area (Å²) in [5.74, 6) is -0.317. The van der Waals surface area contributed by atoms with Gasteiger partial charge in [-0.05, 0) is 57.0 Å². The second kappa shape index (κ2) is 9.12. The molecule has 0 aliphatic carbocycles. The van der Waals surface area contributed by atoms with Crippen molar-refractivity contribution in [1.82, 2.24) is 14.7 Å². The van der Waals surface area contributed by atoms with E-state index in [1.807, 2.05) is 20.8 Å². The van der Waals surface area contributed by atoms with Crippen LogP contribution in [0.15, 0.2) is 30.3 Å². The summed E-state index contributed by atoms with van der Waals surface area (Å²) in [6.45, 7) is 6.34. The van der Waals surface area contributed by atoms with E-state index in [0.717, 1.165) is 35.5 Å². The molecule has 0 saturated carbocycles. The Hall–Kier alpha value is -2.48. The van der Waals surface area contributed by atoms with Crippen LogP contribution in [-0.4, -0.2) is 53.1 Å². The van der Waals surface area contributed by atoms with E-state index in [0.29, 0.717) is 13.0 Å². The number of hydrogen-bond donors (Lipinski definition) is 0. The van der Waals surface area contributed by atoms with Gasteiger partial charge in [-0.3, -0.25) is 4.79 Å². The number of nitrogens with zero attached hydrogens (tertiary/aromatic N) is 3. The molecule has 2 heterocycles. The van der Waals surface area contributed by atoms with Crippen LogP contribution in [0.1, 0.15) is 43.1 Å². The van der Waals surface area contributed by atoms with Gasteiger partial charge in [-0.15, -0.1) is 0 Å². The van der Waals surface area contributed by atoms with Crippen LogP contribution in [0.5, 0.6) is 0 Å². The monoisotopic (exact) mass is 433 g/mol. The number of benzene rings is 1. The molecule has 1 aliphatic rings. The first-order chi connectivity index (χ1) is 14.2. The van der Waals surface area contributed by atoms with Crippen molar-refractivity contribution < 1.29 is 17.6 Å². The van der Waals surface area contributed by atoms with E-state index in [1.54, 1.807) is 27.8 Å². The van der Waals surface area contributed by atoms with E-state index in [-0.39, 0.29) is 29.3 Å². The molecule has 3 rings (SSSR count). The predicted molar refractivity (Wildman–Crippen MR) is 116 cm³/mol. The molecular formula is C22H28FN3O3S.